The fraction of sp³-hybridized carbons (Fsp3) is 0.579. The number of hydroxylamine groups is 3. The van der Waals surface area contributed by atoms with E-state index in [0.29, 0.717) is 13.1 Å². The maximum atomic E-state index is 13.1. The van der Waals surface area contributed by atoms with E-state index in [1.165, 1.54) is 26.2 Å². The maximum absolute atomic E-state index is 13.1. The van der Waals surface area contributed by atoms with E-state index < -0.39 is 23.2 Å². The van der Waals surface area contributed by atoms with Gasteiger partial charge in [-0.05, 0) is 36.5 Å². The lowest BCUT2D eigenvalue weighted by Crippen LogP contribution is -2.61. The zero-order valence-electron chi connectivity index (χ0n) is 17.6. The molecule has 2 fully saturated rings. The summed E-state index contributed by atoms with van der Waals surface area (Å²) in [5.74, 6) is -0.764. The molecule has 31 heavy (non-hydrogen) atoms. The molecule has 0 saturated carbocycles. The van der Waals surface area contributed by atoms with Gasteiger partial charge in [-0.25, -0.2) is 18.9 Å². The molecule has 3 amide bonds. The zero-order chi connectivity index (χ0) is 22.5. The number of hydrogen-bond acceptors (Lipinski definition) is 6. The summed E-state index contributed by atoms with van der Waals surface area (Å²) >= 11 is -1.97. The van der Waals surface area contributed by atoms with Crippen LogP contribution in [0.25, 0.3) is 0 Å². The molecule has 2 aliphatic heterocycles. The molecule has 2 atom stereocenters. The molecule has 2 heterocycles. The van der Waals surface area contributed by atoms with Crippen molar-refractivity contribution in [1.82, 2.24) is 24.6 Å². The molecule has 0 aromatic heterocycles. The molecule has 172 valence electrons. The van der Waals surface area contributed by atoms with Gasteiger partial charge in [-0.15, -0.1) is 0 Å². The van der Waals surface area contributed by atoms with Gasteiger partial charge in [-0.1, -0.05) is 12.1 Å². The number of halogens is 1. The second-order valence-electron chi connectivity index (χ2n) is 7.80. The number of nitrogens with one attached hydrogen (secondary N) is 1. The van der Waals surface area contributed by atoms with Crippen LogP contribution >= 0.6 is 0 Å². The van der Waals surface area contributed by atoms with Gasteiger partial charge in [0.15, 0.2) is 0 Å². The molecule has 1 aromatic carbocycles. The van der Waals surface area contributed by atoms with E-state index in [-0.39, 0.29) is 37.4 Å². The number of carbonyl (C=O) groups is 2. The minimum Gasteiger partial charge on any atom is -0.331 e. The molecule has 1 aromatic rings. The zero-order valence-corrected chi connectivity index (χ0v) is 18.4. The fourth-order valence-corrected chi connectivity index (χ4v) is 4.84. The predicted molar refractivity (Wildman–Crippen MR) is 110 cm³/mol. The second-order valence-corrected chi connectivity index (χ2v) is 8.85. The Morgan fingerprint density at radius 1 is 1.16 bits per heavy atom. The Labute approximate surface area is 183 Å². The van der Waals surface area contributed by atoms with Gasteiger partial charge in [-0.2, -0.15) is 13.7 Å². The summed E-state index contributed by atoms with van der Waals surface area (Å²) in [7, 11) is 3.21. The van der Waals surface area contributed by atoms with Gasteiger partial charge in [0.05, 0.1) is 0 Å². The van der Waals surface area contributed by atoms with Crippen LogP contribution in [-0.4, -0.2) is 93.4 Å². The highest BCUT2D eigenvalue weighted by Crippen LogP contribution is 2.28. The number of urea groups is 1. The van der Waals surface area contributed by atoms with Gasteiger partial charge in [0, 0.05) is 46.8 Å². The first-order chi connectivity index (χ1) is 14.8. The molecule has 3 rings (SSSR count). The van der Waals surface area contributed by atoms with Crippen molar-refractivity contribution in [2.45, 2.75) is 24.8 Å². The van der Waals surface area contributed by atoms with Crippen LogP contribution in [0.3, 0.4) is 0 Å². The standard InChI is InChI=1S/C19H28FN5O5S/c1-22(2)19(27)23-11-12-25(17(13-23)18(26)21-28)31(29)30-24-9-7-15(8-10-24)14-3-5-16(20)6-4-14/h3-6,15,17,28H,7-13H2,1-2H3,(H,21,26)/t17-,31?/m1/s1. The van der Waals surface area contributed by atoms with E-state index in [4.69, 9.17) is 9.49 Å². The van der Waals surface area contributed by atoms with Gasteiger partial charge in [0.2, 0.25) is 0 Å². The van der Waals surface area contributed by atoms with E-state index in [1.54, 1.807) is 36.8 Å². The highest BCUT2D eigenvalue weighted by atomic mass is 32.2. The van der Waals surface area contributed by atoms with Crippen LogP contribution in [0.5, 0.6) is 0 Å². The lowest BCUT2D eigenvalue weighted by Gasteiger charge is -2.40. The van der Waals surface area contributed by atoms with Crippen LogP contribution in [0, 0.1) is 5.82 Å². The Morgan fingerprint density at radius 3 is 2.39 bits per heavy atom. The summed E-state index contributed by atoms with van der Waals surface area (Å²) in [6.45, 7) is 1.46. The van der Waals surface area contributed by atoms with Crippen molar-refractivity contribution in [2.24, 2.45) is 0 Å². The maximum Gasteiger partial charge on any atom is 0.319 e. The van der Waals surface area contributed by atoms with Gasteiger partial charge < -0.3 is 9.80 Å². The van der Waals surface area contributed by atoms with Crippen LogP contribution in [0.2, 0.25) is 0 Å². The van der Waals surface area contributed by atoms with Crippen LogP contribution in [0.1, 0.15) is 24.3 Å². The molecule has 10 nitrogen and oxygen atoms in total. The smallest absolute Gasteiger partial charge is 0.319 e. The first-order valence-corrected chi connectivity index (χ1v) is 11.1. The average Bonchev–Trinajstić information content (AvgIpc) is 2.78. The van der Waals surface area contributed by atoms with Crippen LogP contribution in [0.4, 0.5) is 9.18 Å². The average molecular weight is 458 g/mol. The molecular weight excluding hydrogens is 429 g/mol. The van der Waals surface area contributed by atoms with Gasteiger partial charge in [0.1, 0.15) is 11.9 Å². The van der Waals surface area contributed by atoms with Crippen molar-refractivity contribution in [2.75, 3.05) is 46.8 Å². The molecular formula is C19H28FN5O5S. The molecule has 1 unspecified atom stereocenters. The minimum absolute atomic E-state index is 0.0227. The van der Waals surface area contributed by atoms with E-state index >= 15 is 0 Å². The van der Waals surface area contributed by atoms with E-state index in [1.807, 2.05) is 0 Å². The topological polar surface area (TPSA) is 106 Å². The Hall–Kier alpha value is -2.12. The van der Waals surface area contributed by atoms with Crippen LogP contribution < -0.4 is 5.48 Å². The normalized spacial score (nSPS) is 22.2. The number of benzene rings is 1. The van der Waals surface area contributed by atoms with Gasteiger partial charge in [-0.3, -0.25) is 10.0 Å². The number of amides is 3. The van der Waals surface area contributed by atoms with Crippen LogP contribution in [0.15, 0.2) is 24.3 Å². The third-order valence-electron chi connectivity index (χ3n) is 5.55. The monoisotopic (exact) mass is 457 g/mol. The Kier molecular flexibility index (Phi) is 7.94. The molecule has 2 N–H and O–H groups in total. The summed E-state index contributed by atoms with van der Waals surface area (Å²) in [5, 5.41) is 10.7. The Balaban J connectivity index is 1.57. The van der Waals surface area contributed by atoms with Crippen LogP contribution in [-0.2, 0) is 20.3 Å². The lowest BCUT2D eigenvalue weighted by molar-refractivity contribution is -0.135. The van der Waals surface area contributed by atoms with E-state index in [0.717, 1.165) is 18.4 Å². The van der Waals surface area contributed by atoms with Crippen molar-refractivity contribution in [3.8, 4) is 0 Å². The quantitative estimate of drug-likeness (QED) is 0.498. The van der Waals surface area contributed by atoms with Crippen molar-refractivity contribution < 1.29 is 27.7 Å². The SMILES string of the molecule is CN(C)C(=O)N1CCN(S(=O)ON2CCC(c3ccc(F)cc3)CC2)[C@@H](C(=O)NO)C1. The van der Waals surface area contributed by atoms with E-state index in [2.05, 4.69) is 0 Å². The Morgan fingerprint density at radius 2 is 1.81 bits per heavy atom. The predicted octanol–water partition coefficient (Wildman–Crippen LogP) is 0.689. The van der Waals surface area contributed by atoms with Crippen molar-refractivity contribution in [1.29, 1.82) is 0 Å². The second kappa shape index (κ2) is 10.5. The lowest BCUT2D eigenvalue weighted by atomic mass is 9.90. The molecule has 0 spiro atoms. The number of carbonyl (C=O) groups excluding carboxylic acids is 2. The summed E-state index contributed by atoms with van der Waals surface area (Å²) in [5.41, 5.74) is 2.64. The number of rotatable bonds is 5. The summed E-state index contributed by atoms with van der Waals surface area (Å²) in [6.07, 6.45) is 1.52. The number of nitrogens with zero attached hydrogens (tertiary/aromatic N) is 4. The highest BCUT2D eigenvalue weighted by molar-refractivity contribution is 7.77. The highest BCUT2D eigenvalue weighted by Gasteiger charge is 2.39. The van der Waals surface area contributed by atoms with Crippen molar-refractivity contribution in [3.05, 3.63) is 35.6 Å². The largest absolute Gasteiger partial charge is 0.331 e. The summed E-state index contributed by atoms with van der Waals surface area (Å²) in [6, 6.07) is 5.16. The third kappa shape index (κ3) is 5.77. The number of piperazine rings is 1. The third-order valence-corrected chi connectivity index (χ3v) is 6.71. The Bertz CT molecular complexity index is 803. The first-order valence-electron chi connectivity index (χ1n) is 10.1. The van der Waals surface area contributed by atoms with Gasteiger partial charge in [0.25, 0.3) is 17.2 Å². The molecule has 0 aliphatic carbocycles. The molecule has 2 aliphatic rings. The van der Waals surface area contributed by atoms with Crippen molar-refractivity contribution >= 4 is 23.2 Å². The first kappa shape index (κ1) is 23.5. The minimum atomic E-state index is -1.97. The number of piperidine rings is 1. The fourth-order valence-electron chi connectivity index (χ4n) is 3.82. The molecule has 0 radical (unpaired) electrons. The number of hydrogen-bond donors (Lipinski definition) is 2. The molecule has 0 bridgehead atoms. The summed E-state index contributed by atoms with van der Waals surface area (Å²) in [4.78, 5) is 27.2. The molecule has 2 saturated heterocycles. The van der Waals surface area contributed by atoms with Crippen molar-refractivity contribution in [3.63, 3.8) is 0 Å². The summed E-state index contributed by atoms with van der Waals surface area (Å²) < 4.78 is 32.9. The molecule has 12 heteroatoms. The van der Waals surface area contributed by atoms with Gasteiger partial charge >= 0.3 is 6.03 Å². The van der Waals surface area contributed by atoms with E-state index in [9.17, 15) is 18.2 Å².